The molecule has 6 nitrogen and oxygen atoms in total. The molecule has 0 bridgehead atoms. The minimum Gasteiger partial charge on any atom is -0.486 e. The summed E-state index contributed by atoms with van der Waals surface area (Å²) in [4.78, 5) is 12.9. The Balaban J connectivity index is 1.09. The lowest BCUT2D eigenvalue weighted by Gasteiger charge is -2.62. The Labute approximate surface area is 227 Å². The van der Waals surface area contributed by atoms with Gasteiger partial charge in [-0.15, -0.1) is 0 Å². The first kappa shape index (κ1) is 26.4. The third-order valence-corrected chi connectivity index (χ3v) is 12.1. The molecule has 210 valence electrons. The molecule has 0 spiro atoms. The van der Waals surface area contributed by atoms with Crippen LogP contribution in [-0.2, 0) is 4.79 Å². The largest absolute Gasteiger partial charge is 0.486 e. The average molecular weight is 526 g/mol. The first-order chi connectivity index (χ1) is 18.2. The normalized spacial score (nSPS) is 42.4. The molecule has 5 aliphatic rings. The third kappa shape index (κ3) is 4.44. The van der Waals surface area contributed by atoms with Crippen molar-refractivity contribution in [2.75, 3.05) is 18.5 Å². The van der Waals surface area contributed by atoms with Gasteiger partial charge in [-0.1, -0.05) is 20.8 Å². The standard InChI is InChI=1S/C32H47NO5/c1-19(4-9-29(36)33-21-5-8-27-28(18-21)38-15-14-37-27)23-6-7-24-30-25(11-13-32(23,24)3)31(2)12-10-22(34)16-20(31)17-26(30)35/h5,8,18-20,22-26,30,34-35H,4,6-7,9-17H2,1-3H3,(H,33,36)/t19-,20+,22-,23-,24+,25+,26+,30+,31+,32-/m1/s1. The highest BCUT2D eigenvalue weighted by Gasteiger charge is 2.62. The molecule has 6 rings (SSSR count). The molecule has 4 fully saturated rings. The number of aliphatic hydroxyl groups excluding tert-OH is 2. The molecule has 0 saturated heterocycles. The number of anilines is 1. The van der Waals surface area contributed by atoms with Crippen molar-refractivity contribution in [2.45, 2.75) is 97.2 Å². The number of hydrogen-bond acceptors (Lipinski definition) is 5. The summed E-state index contributed by atoms with van der Waals surface area (Å²) >= 11 is 0. The summed E-state index contributed by atoms with van der Waals surface area (Å²) < 4.78 is 11.2. The number of fused-ring (bicyclic) bond motifs is 6. The third-order valence-electron chi connectivity index (χ3n) is 12.1. The van der Waals surface area contributed by atoms with Gasteiger partial charge in [-0.05, 0) is 116 Å². The van der Waals surface area contributed by atoms with Crippen molar-refractivity contribution in [3.05, 3.63) is 18.2 Å². The van der Waals surface area contributed by atoms with Crippen molar-refractivity contribution in [1.82, 2.24) is 0 Å². The van der Waals surface area contributed by atoms with Crippen LogP contribution in [0, 0.1) is 46.3 Å². The first-order valence-corrected chi connectivity index (χ1v) is 15.2. The highest BCUT2D eigenvalue weighted by atomic mass is 16.6. The zero-order chi connectivity index (χ0) is 26.7. The number of carbonyl (C=O) groups excluding carboxylic acids is 1. The van der Waals surface area contributed by atoms with E-state index in [2.05, 4.69) is 26.1 Å². The van der Waals surface area contributed by atoms with Crippen LogP contribution in [0.25, 0.3) is 0 Å². The van der Waals surface area contributed by atoms with Gasteiger partial charge >= 0.3 is 0 Å². The molecule has 4 aliphatic carbocycles. The fourth-order valence-corrected chi connectivity index (χ4v) is 10.1. The van der Waals surface area contributed by atoms with Gasteiger partial charge in [0.2, 0.25) is 5.91 Å². The Morgan fingerprint density at radius 1 is 1.00 bits per heavy atom. The Hall–Kier alpha value is -1.79. The smallest absolute Gasteiger partial charge is 0.224 e. The van der Waals surface area contributed by atoms with Gasteiger partial charge in [-0.2, -0.15) is 0 Å². The quantitative estimate of drug-likeness (QED) is 0.452. The molecule has 1 heterocycles. The van der Waals surface area contributed by atoms with Crippen LogP contribution in [-0.4, -0.2) is 41.5 Å². The van der Waals surface area contributed by atoms with Crippen molar-refractivity contribution in [1.29, 1.82) is 0 Å². The molecule has 4 saturated carbocycles. The second-order valence-electron chi connectivity index (χ2n) is 13.9. The number of aliphatic hydroxyl groups is 2. The van der Waals surface area contributed by atoms with Crippen LogP contribution in [0.15, 0.2) is 18.2 Å². The van der Waals surface area contributed by atoms with Crippen molar-refractivity contribution in [2.24, 2.45) is 46.3 Å². The molecular formula is C32H47NO5. The maximum Gasteiger partial charge on any atom is 0.224 e. The van der Waals surface area contributed by atoms with Gasteiger partial charge < -0.3 is 25.0 Å². The van der Waals surface area contributed by atoms with E-state index in [1.807, 2.05) is 18.2 Å². The van der Waals surface area contributed by atoms with Crippen molar-refractivity contribution >= 4 is 11.6 Å². The fourth-order valence-electron chi connectivity index (χ4n) is 10.1. The number of ether oxygens (including phenoxy) is 2. The summed E-state index contributed by atoms with van der Waals surface area (Å²) in [5, 5.41) is 24.9. The van der Waals surface area contributed by atoms with Gasteiger partial charge in [0.1, 0.15) is 13.2 Å². The summed E-state index contributed by atoms with van der Waals surface area (Å²) in [6.45, 7) is 8.42. The van der Waals surface area contributed by atoms with E-state index in [-0.39, 0.29) is 28.9 Å². The summed E-state index contributed by atoms with van der Waals surface area (Å²) in [6, 6.07) is 5.59. The monoisotopic (exact) mass is 525 g/mol. The summed E-state index contributed by atoms with van der Waals surface area (Å²) in [5.41, 5.74) is 1.26. The van der Waals surface area contributed by atoms with Gasteiger partial charge in [-0.3, -0.25) is 4.79 Å². The zero-order valence-corrected chi connectivity index (χ0v) is 23.5. The molecule has 0 aromatic heterocycles. The van der Waals surface area contributed by atoms with Crippen molar-refractivity contribution < 1.29 is 24.5 Å². The van der Waals surface area contributed by atoms with E-state index in [4.69, 9.17) is 9.47 Å². The van der Waals surface area contributed by atoms with E-state index in [0.717, 1.165) is 43.5 Å². The maximum absolute atomic E-state index is 12.9. The van der Waals surface area contributed by atoms with Crippen LogP contribution in [0.4, 0.5) is 5.69 Å². The number of carbonyl (C=O) groups is 1. The van der Waals surface area contributed by atoms with Crippen LogP contribution >= 0.6 is 0 Å². The van der Waals surface area contributed by atoms with E-state index in [0.29, 0.717) is 60.9 Å². The molecular weight excluding hydrogens is 478 g/mol. The van der Waals surface area contributed by atoms with Crippen LogP contribution in [0.5, 0.6) is 11.5 Å². The molecule has 0 radical (unpaired) electrons. The van der Waals surface area contributed by atoms with E-state index in [1.165, 1.54) is 25.7 Å². The Morgan fingerprint density at radius 2 is 1.74 bits per heavy atom. The van der Waals surface area contributed by atoms with Gasteiger partial charge in [-0.25, -0.2) is 0 Å². The molecule has 38 heavy (non-hydrogen) atoms. The van der Waals surface area contributed by atoms with E-state index in [9.17, 15) is 15.0 Å². The highest BCUT2D eigenvalue weighted by molar-refractivity contribution is 5.91. The predicted molar refractivity (Wildman–Crippen MR) is 147 cm³/mol. The molecule has 10 atom stereocenters. The number of nitrogens with one attached hydrogen (secondary N) is 1. The topological polar surface area (TPSA) is 88.0 Å². The van der Waals surface area contributed by atoms with Gasteiger partial charge in [0.25, 0.3) is 0 Å². The number of rotatable bonds is 5. The minimum atomic E-state index is -0.237. The number of hydrogen-bond donors (Lipinski definition) is 3. The maximum atomic E-state index is 12.9. The zero-order valence-electron chi connectivity index (χ0n) is 23.5. The van der Waals surface area contributed by atoms with Crippen LogP contribution in [0.3, 0.4) is 0 Å². The van der Waals surface area contributed by atoms with Gasteiger partial charge in [0.05, 0.1) is 12.2 Å². The second kappa shape index (κ2) is 9.99. The predicted octanol–water partition coefficient (Wildman–Crippen LogP) is 5.80. The molecule has 6 heteroatoms. The SMILES string of the molecule is C[C@H](CCC(=O)Nc1ccc2c(c1)OCCO2)[C@H]1CC[C@H]2[C@@H]3[C@@H](O)C[C@@H]4C[C@H](O)CC[C@]4(C)[C@H]3CC[C@]12C. The second-order valence-corrected chi connectivity index (χ2v) is 13.9. The Bertz CT molecular complexity index is 1040. The summed E-state index contributed by atoms with van der Waals surface area (Å²) in [6.07, 6.45) is 9.58. The molecule has 3 N–H and O–H groups in total. The van der Waals surface area contributed by atoms with E-state index < -0.39 is 0 Å². The lowest BCUT2D eigenvalue weighted by molar-refractivity contribution is -0.174. The van der Waals surface area contributed by atoms with E-state index in [1.54, 1.807) is 0 Å². The molecule has 0 unspecified atom stereocenters. The number of benzene rings is 1. The van der Waals surface area contributed by atoms with Gasteiger partial charge in [0.15, 0.2) is 11.5 Å². The van der Waals surface area contributed by atoms with Crippen molar-refractivity contribution in [3.8, 4) is 11.5 Å². The Kier molecular flexibility index (Phi) is 6.95. The minimum absolute atomic E-state index is 0.0538. The Morgan fingerprint density at radius 3 is 2.55 bits per heavy atom. The lowest BCUT2D eigenvalue weighted by Crippen LogP contribution is -2.58. The van der Waals surface area contributed by atoms with Crippen LogP contribution in [0.1, 0.15) is 85.0 Å². The number of amides is 1. The average Bonchev–Trinajstić information content (AvgIpc) is 3.25. The highest BCUT2D eigenvalue weighted by Crippen LogP contribution is 2.68. The molecule has 1 aliphatic heterocycles. The molecule has 1 aromatic carbocycles. The van der Waals surface area contributed by atoms with Gasteiger partial charge in [0, 0.05) is 18.2 Å². The summed E-state index contributed by atoms with van der Waals surface area (Å²) in [5.74, 6) is 4.54. The first-order valence-electron chi connectivity index (χ1n) is 15.2. The summed E-state index contributed by atoms with van der Waals surface area (Å²) in [7, 11) is 0. The van der Waals surface area contributed by atoms with Crippen molar-refractivity contribution in [3.63, 3.8) is 0 Å². The lowest BCUT2D eigenvalue weighted by atomic mass is 9.43. The van der Waals surface area contributed by atoms with Crippen LogP contribution < -0.4 is 14.8 Å². The molecule has 1 aromatic rings. The van der Waals surface area contributed by atoms with Crippen LogP contribution in [0.2, 0.25) is 0 Å². The fraction of sp³-hybridized carbons (Fsp3) is 0.781. The van der Waals surface area contributed by atoms with E-state index >= 15 is 0 Å². The molecule has 1 amide bonds.